The van der Waals surface area contributed by atoms with Crippen LogP contribution in [0.4, 0.5) is 19.3 Å². The van der Waals surface area contributed by atoms with Gasteiger partial charge in [0.2, 0.25) is 11.9 Å². The zero-order valence-corrected chi connectivity index (χ0v) is 20.7. The van der Waals surface area contributed by atoms with Gasteiger partial charge in [0.1, 0.15) is 11.7 Å². The molecule has 1 heterocycles. The van der Waals surface area contributed by atoms with Gasteiger partial charge in [-0.1, -0.05) is 23.7 Å². The number of nitrogens with two attached hydrogens (primary N) is 1. The minimum absolute atomic E-state index is 0.0172. The molecular weight excluding hydrogens is 470 g/mol. The Morgan fingerprint density at radius 3 is 2.65 bits per heavy atom. The molecule has 1 aromatic carbocycles. The molecule has 188 valence electrons. The molecular formula is C23H31ClF2N4O4. The number of nitrogens with zero attached hydrogens (tertiary/aromatic N) is 2. The molecule has 11 heteroatoms. The van der Waals surface area contributed by atoms with Crippen molar-refractivity contribution in [2.75, 3.05) is 12.8 Å². The molecule has 1 aliphatic carbocycles. The van der Waals surface area contributed by atoms with E-state index in [0.717, 1.165) is 0 Å². The number of nitrogens with one attached hydrogen (secondary N) is 1. The lowest BCUT2D eigenvalue weighted by Crippen LogP contribution is -2.60. The van der Waals surface area contributed by atoms with E-state index in [1.165, 1.54) is 12.0 Å². The Hall–Kier alpha value is -2.46. The van der Waals surface area contributed by atoms with Gasteiger partial charge in [-0.05, 0) is 40.2 Å². The number of aliphatic imine (C=N–C) groups is 1. The standard InChI is InChI=1S/C23H31ClF2N4O4/c1-21(2,3)34-20(32)28-19-29-22(4,14-7-6-8-15(27)18(14)24)12-17(31)30(19)13-9-10-23(25,26)16(11-13)33-5/h6-8,13,16H,9-12,27H2,1-5H3,(H,28,29,32)/t13-,16-,22+/m1/s1. The van der Waals surface area contributed by atoms with Crippen molar-refractivity contribution in [3.63, 3.8) is 0 Å². The third-order valence-corrected chi connectivity index (χ3v) is 6.41. The lowest BCUT2D eigenvalue weighted by molar-refractivity contribution is -0.160. The quantitative estimate of drug-likeness (QED) is 0.596. The van der Waals surface area contributed by atoms with Gasteiger partial charge >= 0.3 is 6.09 Å². The highest BCUT2D eigenvalue weighted by Gasteiger charge is 2.50. The predicted octanol–water partition coefficient (Wildman–Crippen LogP) is 4.45. The largest absolute Gasteiger partial charge is 0.444 e. The number of amides is 2. The highest BCUT2D eigenvalue weighted by Crippen LogP contribution is 2.42. The predicted molar refractivity (Wildman–Crippen MR) is 125 cm³/mol. The Kier molecular flexibility index (Phi) is 7.15. The van der Waals surface area contributed by atoms with E-state index in [-0.39, 0.29) is 30.2 Å². The van der Waals surface area contributed by atoms with E-state index in [0.29, 0.717) is 11.3 Å². The first-order valence-electron chi connectivity index (χ1n) is 11.0. The fraction of sp³-hybridized carbons (Fsp3) is 0.609. The first-order chi connectivity index (χ1) is 15.7. The number of rotatable bonds is 3. The number of nitrogen functional groups attached to an aromatic ring is 1. The number of methoxy groups -OCH3 is 1. The number of carbonyl (C=O) groups excluding carboxylic acids is 2. The Morgan fingerprint density at radius 2 is 2.03 bits per heavy atom. The van der Waals surface area contributed by atoms with Crippen LogP contribution in [-0.2, 0) is 19.8 Å². The van der Waals surface area contributed by atoms with Crippen LogP contribution in [-0.4, -0.2) is 53.6 Å². The number of halogens is 3. The summed E-state index contributed by atoms with van der Waals surface area (Å²) in [5.74, 6) is -3.49. The van der Waals surface area contributed by atoms with Crippen LogP contribution in [0.25, 0.3) is 0 Å². The summed E-state index contributed by atoms with van der Waals surface area (Å²) in [5, 5.41) is 2.81. The zero-order chi connectivity index (χ0) is 25.5. The Bertz CT molecular complexity index is 998. The number of carbonyl (C=O) groups is 2. The average molecular weight is 501 g/mol. The van der Waals surface area contributed by atoms with Crippen LogP contribution in [0.15, 0.2) is 23.2 Å². The molecule has 3 atom stereocenters. The van der Waals surface area contributed by atoms with E-state index < -0.39 is 47.6 Å². The molecule has 1 saturated carbocycles. The minimum Gasteiger partial charge on any atom is -0.444 e. The summed E-state index contributed by atoms with van der Waals surface area (Å²) in [6, 6.07) is 4.38. The van der Waals surface area contributed by atoms with Gasteiger partial charge in [0.05, 0.1) is 22.7 Å². The highest BCUT2D eigenvalue weighted by molar-refractivity contribution is 6.34. The van der Waals surface area contributed by atoms with Gasteiger partial charge in [0, 0.05) is 31.6 Å². The van der Waals surface area contributed by atoms with Crippen LogP contribution in [0.2, 0.25) is 5.02 Å². The maximum absolute atomic E-state index is 14.3. The molecule has 0 aromatic heterocycles. The first kappa shape index (κ1) is 26.2. The number of benzene rings is 1. The third kappa shape index (κ3) is 5.43. The van der Waals surface area contributed by atoms with E-state index in [1.807, 2.05) is 0 Å². The van der Waals surface area contributed by atoms with Gasteiger partial charge in [-0.25, -0.2) is 18.6 Å². The van der Waals surface area contributed by atoms with E-state index in [2.05, 4.69) is 5.32 Å². The Labute approximate surface area is 202 Å². The summed E-state index contributed by atoms with van der Waals surface area (Å²) < 4.78 is 38.9. The normalized spacial score (nSPS) is 27.2. The molecule has 0 radical (unpaired) electrons. The zero-order valence-electron chi connectivity index (χ0n) is 20.0. The maximum Gasteiger partial charge on any atom is 0.414 e. The molecule has 3 N–H and O–H groups in total. The van der Waals surface area contributed by atoms with Crippen molar-refractivity contribution >= 4 is 35.2 Å². The number of anilines is 1. The van der Waals surface area contributed by atoms with E-state index in [9.17, 15) is 18.4 Å². The van der Waals surface area contributed by atoms with Crippen LogP contribution < -0.4 is 11.1 Å². The summed E-state index contributed by atoms with van der Waals surface area (Å²) >= 11 is 6.43. The highest BCUT2D eigenvalue weighted by atomic mass is 35.5. The van der Waals surface area contributed by atoms with Crippen LogP contribution >= 0.6 is 11.6 Å². The van der Waals surface area contributed by atoms with Crippen LogP contribution in [0, 0.1) is 0 Å². The van der Waals surface area contributed by atoms with Gasteiger partial charge in [0.15, 0.2) is 0 Å². The Morgan fingerprint density at radius 1 is 1.35 bits per heavy atom. The number of alkyl carbamates (subject to hydrolysis) is 1. The topological polar surface area (TPSA) is 106 Å². The molecule has 34 heavy (non-hydrogen) atoms. The molecule has 3 rings (SSSR count). The molecule has 0 bridgehead atoms. The van der Waals surface area contributed by atoms with Gasteiger partial charge in [-0.2, -0.15) is 0 Å². The number of alkyl halides is 2. The molecule has 8 nitrogen and oxygen atoms in total. The number of guanidine groups is 1. The summed E-state index contributed by atoms with van der Waals surface area (Å²) in [5.41, 5.74) is 4.84. The van der Waals surface area contributed by atoms with E-state index in [4.69, 9.17) is 31.8 Å². The average Bonchev–Trinajstić information content (AvgIpc) is 2.68. The van der Waals surface area contributed by atoms with Crippen molar-refractivity contribution in [2.24, 2.45) is 4.99 Å². The summed E-state index contributed by atoms with van der Waals surface area (Å²) in [4.78, 5) is 32.0. The van der Waals surface area contributed by atoms with Gasteiger partial charge < -0.3 is 15.2 Å². The van der Waals surface area contributed by atoms with Crippen molar-refractivity contribution in [2.45, 2.75) is 82.6 Å². The van der Waals surface area contributed by atoms with Crippen molar-refractivity contribution in [3.8, 4) is 0 Å². The van der Waals surface area contributed by atoms with E-state index >= 15 is 0 Å². The molecule has 0 unspecified atom stereocenters. The number of hydrogen-bond donors (Lipinski definition) is 2. The second kappa shape index (κ2) is 9.30. The van der Waals surface area contributed by atoms with Gasteiger partial charge in [0.25, 0.3) is 5.92 Å². The second-order valence-corrected chi connectivity index (χ2v) is 10.3. The molecule has 2 amide bonds. The van der Waals surface area contributed by atoms with Crippen molar-refractivity contribution in [3.05, 3.63) is 28.8 Å². The smallest absolute Gasteiger partial charge is 0.414 e. The lowest BCUT2D eigenvalue weighted by atomic mass is 9.84. The number of hydrogen-bond acceptors (Lipinski definition) is 6. The lowest BCUT2D eigenvalue weighted by Gasteiger charge is -2.44. The fourth-order valence-electron chi connectivity index (χ4n) is 4.37. The monoisotopic (exact) mass is 500 g/mol. The molecule has 0 spiro atoms. The molecule has 0 saturated heterocycles. The van der Waals surface area contributed by atoms with Gasteiger partial charge in [-0.15, -0.1) is 0 Å². The van der Waals surface area contributed by atoms with Crippen molar-refractivity contribution in [1.29, 1.82) is 0 Å². The molecule has 1 aromatic rings. The van der Waals surface area contributed by atoms with Crippen LogP contribution in [0.3, 0.4) is 0 Å². The van der Waals surface area contributed by atoms with Gasteiger partial charge in [-0.3, -0.25) is 15.0 Å². The fourth-order valence-corrected chi connectivity index (χ4v) is 4.70. The third-order valence-electron chi connectivity index (χ3n) is 5.98. The summed E-state index contributed by atoms with van der Waals surface area (Å²) in [6.07, 6.45) is -2.84. The van der Waals surface area contributed by atoms with E-state index in [1.54, 1.807) is 45.9 Å². The summed E-state index contributed by atoms with van der Waals surface area (Å²) in [7, 11) is 1.21. The molecule has 1 aliphatic heterocycles. The second-order valence-electron chi connectivity index (χ2n) is 9.90. The Balaban J connectivity index is 2.03. The maximum atomic E-state index is 14.3. The van der Waals surface area contributed by atoms with Crippen molar-refractivity contribution in [1.82, 2.24) is 10.2 Å². The minimum atomic E-state index is -3.01. The first-order valence-corrected chi connectivity index (χ1v) is 11.4. The number of ether oxygens (including phenoxy) is 2. The summed E-state index contributed by atoms with van der Waals surface area (Å²) in [6.45, 7) is 6.79. The van der Waals surface area contributed by atoms with Crippen LogP contribution in [0.1, 0.15) is 58.9 Å². The molecule has 1 fully saturated rings. The SMILES string of the molecule is CO[C@@H]1C[C@H](N2C(=O)C[C@@](C)(c3cccc(N)c3Cl)N=C2NC(=O)OC(C)(C)C)CCC1(F)F. The van der Waals surface area contributed by atoms with Crippen molar-refractivity contribution < 1.29 is 27.8 Å². The molecule has 2 aliphatic rings. The van der Waals surface area contributed by atoms with Crippen LogP contribution in [0.5, 0.6) is 0 Å².